The van der Waals surface area contributed by atoms with Gasteiger partial charge in [0.15, 0.2) is 18.9 Å². The van der Waals surface area contributed by atoms with Crippen molar-refractivity contribution < 1.29 is 89.4 Å². The molecule has 0 bridgehead atoms. The molecule has 19 nitrogen and oxygen atoms in total. The van der Waals surface area contributed by atoms with Crippen molar-refractivity contribution in [1.29, 1.82) is 0 Å². The highest BCUT2D eigenvalue weighted by molar-refractivity contribution is 5.76. The van der Waals surface area contributed by atoms with Crippen LogP contribution in [0.2, 0.25) is 0 Å². The fourth-order valence-corrected chi connectivity index (χ4v) is 14.0. The summed E-state index contributed by atoms with van der Waals surface area (Å²) in [4.78, 5) is 13.5. The molecule has 0 spiro atoms. The molecular weight excluding hydrogens is 1300 g/mol. The van der Waals surface area contributed by atoms with Crippen LogP contribution in [0, 0.1) is 0 Å². The minimum Gasteiger partial charge on any atom is -0.394 e. The predicted molar refractivity (Wildman–Crippen MR) is 406 cm³/mol. The number of ether oxygens (including phenoxy) is 6. The van der Waals surface area contributed by atoms with E-state index < -0.39 is 124 Å². The Bertz CT molecular complexity index is 2080. The van der Waals surface area contributed by atoms with Crippen molar-refractivity contribution in [3.05, 3.63) is 60.8 Å². The van der Waals surface area contributed by atoms with Crippen LogP contribution >= 0.6 is 0 Å². The van der Waals surface area contributed by atoms with Gasteiger partial charge in [0.1, 0.15) is 73.2 Å². The lowest BCUT2D eigenvalue weighted by Crippen LogP contribution is -2.66. The molecule has 0 aromatic carbocycles. The quantitative estimate of drug-likeness (QED) is 0.0199. The Labute approximate surface area is 617 Å². The van der Waals surface area contributed by atoms with Gasteiger partial charge in [0.2, 0.25) is 5.91 Å². The summed E-state index contributed by atoms with van der Waals surface area (Å²) in [6.07, 6.45) is 55.2. The average Bonchev–Trinajstić information content (AvgIpc) is 0.755. The monoisotopic (exact) mass is 1450 g/mol. The first-order chi connectivity index (χ1) is 49.8. The number of carbonyl (C=O) groups excluding carboxylic acids is 1. The largest absolute Gasteiger partial charge is 0.394 e. The second-order valence-electron chi connectivity index (χ2n) is 29.6. The van der Waals surface area contributed by atoms with Gasteiger partial charge in [0.25, 0.3) is 0 Å². The number of allylic oxidation sites excluding steroid dienone is 9. The molecule has 596 valence electrons. The molecule has 3 aliphatic heterocycles. The van der Waals surface area contributed by atoms with Crippen molar-refractivity contribution in [3.63, 3.8) is 0 Å². The first-order valence-electron chi connectivity index (χ1n) is 41.5. The molecule has 17 atom stereocenters. The van der Waals surface area contributed by atoms with Gasteiger partial charge < -0.3 is 89.9 Å². The fourth-order valence-electron chi connectivity index (χ4n) is 14.0. The van der Waals surface area contributed by atoms with Crippen LogP contribution in [0.1, 0.15) is 328 Å². The van der Waals surface area contributed by atoms with Crippen molar-refractivity contribution >= 4 is 5.91 Å². The summed E-state index contributed by atoms with van der Waals surface area (Å²) in [6.45, 7) is 1.65. The number of rotatable bonds is 66. The third-order valence-corrected chi connectivity index (χ3v) is 20.6. The Balaban J connectivity index is 1.28. The fraction of sp³-hybridized carbons (Fsp3) is 0.867. The average molecular weight is 1450 g/mol. The highest BCUT2D eigenvalue weighted by Crippen LogP contribution is 2.33. The Morgan fingerprint density at radius 1 is 0.363 bits per heavy atom. The van der Waals surface area contributed by atoms with Crippen LogP contribution in [0.25, 0.3) is 0 Å². The number of carbonyl (C=O) groups is 1. The van der Waals surface area contributed by atoms with E-state index in [1.165, 1.54) is 231 Å². The van der Waals surface area contributed by atoms with E-state index in [-0.39, 0.29) is 18.9 Å². The minimum absolute atomic E-state index is 0.247. The molecule has 1 amide bonds. The zero-order chi connectivity index (χ0) is 73.9. The summed E-state index contributed by atoms with van der Waals surface area (Å²) < 4.78 is 34.4. The smallest absolute Gasteiger partial charge is 0.220 e. The molecule has 0 aromatic rings. The molecule has 3 aliphatic rings. The van der Waals surface area contributed by atoms with Crippen molar-refractivity contribution in [2.75, 3.05) is 26.4 Å². The van der Waals surface area contributed by atoms with Gasteiger partial charge in [0, 0.05) is 6.42 Å². The molecule has 0 saturated carbocycles. The van der Waals surface area contributed by atoms with E-state index >= 15 is 0 Å². The van der Waals surface area contributed by atoms with E-state index in [4.69, 9.17) is 28.4 Å². The lowest BCUT2D eigenvalue weighted by molar-refractivity contribution is -0.379. The van der Waals surface area contributed by atoms with Crippen LogP contribution in [0.15, 0.2) is 60.8 Å². The van der Waals surface area contributed by atoms with Gasteiger partial charge in [0.05, 0.1) is 38.6 Å². The second kappa shape index (κ2) is 63.4. The van der Waals surface area contributed by atoms with Crippen LogP contribution in [-0.4, -0.2) is 193 Å². The molecule has 0 aliphatic carbocycles. The Kier molecular flexibility index (Phi) is 58.3. The first kappa shape index (κ1) is 93.7. The molecular formula is C83H151NO18. The van der Waals surface area contributed by atoms with Crippen LogP contribution in [0.5, 0.6) is 0 Å². The van der Waals surface area contributed by atoms with Crippen molar-refractivity contribution in [2.24, 2.45) is 0 Å². The Morgan fingerprint density at radius 2 is 0.676 bits per heavy atom. The summed E-state index contributed by atoms with van der Waals surface area (Å²) >= 11 is 0. The molecule has 17 unspecified atom stereocenters. The number of nitrogens with one attached hydrogen (secondary N) is 1. The molecule has 3 fully saturated rings. The Morgan fingerprint density at radius 3 is 1.06 bits per heavy atom. The topological polar surface area (TPSA) is 307 Å². The van der Waals surface area contributed by atoms with Gasteiger partial charge in [-0.3, -0.25) is 4.79 Å². The standard InChI is InChI=1S/C83H151NO18/c1-3-5-7-9-11-13-15-17-19-21-22-23-24-25-26-27-28-29-30-31-32-33-34-35-36-37-38-39-40-41-42-43-44-45-47-49-51-53-55-57-59-61-71(89)84-66(67(88)60-58-56-54-52-50-48-46-20-18-16-14-12-10-8-6-4-2)65-97-81-77(95)74(92)79(69(63-86)99-81)102-83-78(96)75(93)80(70(64-87)100-83)101-82-76(94)73(91)72(90)68(62-85)98-82/h5,7,11,13,17,19,22-23,58,60,66-70,72-83,85-88,90-96H,3-4,6,8-10,12,14-16,18,20-21,24-57,59,61-65H2,1-2H3,(H,84,89)/b7-5-,13-11-,19-17-,23-22-,60-58+. The number of amides is 1. The Hall–Kier alpha value is -2.51. The van der Waals surface area contributed by atoms with Gasteiger partial charge in [-0.1, -0.05) is 325 Å². The number of aliphatic hydroxyl groups excluding tert-OH is 11. The second-order valence-corrected chi connectivity index (χ2v) is 29.6. The lowest BCUT2D eigenvalue weighted by Gasteiger charge is -2.48. The highest BCUT2D eigenvalue weighted by atomic mass is 16.8. The van der Waals surface area contributed by atoms with Crippen molar-refractivity contribution in [3.8, 4) is 0 Å². The molecule has 3 rings (SSSR count). The maximum absolute atomic E-state index is 13.5. The molecule has 19 heteroatoms. The maximum Gasteiger partial charge on any atom is 0.220 e. The number of hydrogen-bond acceptors (Lipinski definition) is 18. The summed E-state index contributed by atoms with van der Waals surface area (Å²) in [7, 11) is 0. The molecule has 3 heterocycles. The van der Waals surface area contributed by atoms with Crippen LogP contribution in [0.4, 0.5) is 0 Å². The summed E-state index contributed by atoms with van der Waals surface area (Å²) in [5, 5.41) is 121. The summed E-state index contributed by atoms with van der Waals surface area (Å²) in [5.74, 6) is -0.270. The number of unbranched alkanes of at least 4 members (excludes halogenated alkanes) is 42. The zero-order valence-corrected chi connectivity index (χ0v) is 63.8. The number of aliphatic hydroxyl groups is 11. The molecule has 102 heavy (non-hydrogen) atoms. The van der Waals surface area contributed by atoms with E-state index in [0.29, 0.717) is 6.42 Å². The molecule has 12 N–H and O–H groups in total. The van der Waals surface area contributed by atoms with E-state index in [2.05, 4.69) is 67.8 Å². The maximum atomic E-state index is 13.5. The first-order valence-corrected chi connectivity index (χ1v) is 41.5. The van der Waals surface area contributed by atoms with Gasteiger partial charge >= 0.3 is 0 Å². The van der Waals surface area contributed by atoms with Crippen LogP contribution < -0.4 is 5.32 Å². The van der Waals surface area contributed by atoms with Gasteiger partial charge in [-0.25, -0.2) is 0 Å². The van der Waals surface area contributed by atoms with Gasteiger partial charge in [-0.2, -0.15) is 0 Å². The number of hydrogen-bond donors (Lipinski definition) is 12. The van der Waals surface area contributed by atoms with Crippen LogP contribution in [0.3, 0.4) is 0 Å². The van der Waals surface area contributed by atoms with Crippen molar-refractivity contribution in [1.82, 2.24) is 5.32 Å². The summed E-state index contributed by atoms with van der Waals surface area (Å²) in [5.41, 5.74) is 0. The third-order valence-electron chi connectivity index (χ3n) is 20.6. The highest BCUT2D eigenvalue weighted by Gasteiger charge is 2.54. The summed E-state index contributed by atoms with van der Waals surface area (Å²) in [6, 6.07) is -0.972. The molecule has 0 radical (unpaired) electrons. The minimum atomic E-state index is -1.98. The van der Waals surface area contributed by atoms with Gasteiger partial charge in [-0.15, -0.1) is 0 Å². The normalized spacial score (nSPS) is 26.5. The molecule has 3 saturated heterocycles. The van der Waals surface area contributed by atoms with E-state index in [1.807, 2.05) is 6.08 Å². The molecule has 0 aromatic heterocycles. The van der Waals surface area contributed by atoms with E-state index in [1.54, 1.807) is 6.08 Å². The third kappa shape index (κ3) is 42.9. The SMILES string of the molecule is CC/C=C\C/C=C\C/C=C\C/C=C\CCCCCCCCCCCCCCCCCCCCCCCCCCCCCCC(=O)NC(COC1OC(CO)C(OC2OC(CO)C(OC3OC(CO)C(O)C(O)C3O)C(O)C2O)C(O)C1O)C(O)/C=C/CCCCCCCCCCCCCCCC. The van der Waals surface area contributed by atoms with Crippen molar-refractivity contribution in [2.45, 2.75) is 433 Å². The van der Waals surface area contributed by atoms with E-state index in [0.717, 1.165) is 70.6 Å². The lowest BCUT2D eigenvalue weighted by atomic mass is 9.96. The zero-order valence-electron chi connectivity index (χ0n) is 63.8. The predicted octanol–water partition coefficient (Wildman–Crippen LogP) is 14.2. The van der Waals surface area contributed by atoms with E-state index in [9.17, 15) is 61.0 Å². The van der Waals surface area contributed by atoms with Gasteiger partial charge in [-0.05, 0) is 57.8 Å². The van der Waals surface area contributed by atoms with Crippen LogP contribution in [-0.2, 0) is 33.2 Å².